The molecule has 1 aliphatic rings. The van der Waals surface area contributed by atoms with Crippen LogP contribution in [0.2, 0.25) is 10.0 Å². The Kier molecular flexibility index (Phi) is 5.46. The van der Waals surface area contributed by atoms with Crippen LogP contribution in [-0.4, -0.2) is 23.5 Å². The van der Waals surface area contributed by atoms with Gasteiger partial charge < -0.3 is 9.84 Å². The average molecular weight is 403 g/mol. The Hall–Kier alpha value is -2.48. The molecule has 4 nitrogen and oxygen atoms in total. The normalized spacial score (nSPS) is 18.0. The van der Waals surface area contributed by atoms with Crippen LogP contribution in [0.3, 0.4) is 0 Å². The van der Waals surface area contributed by atoms with Crippen molar-refractivity contribution in [2.24, 2.45) is 0 Å². The van der Waals surface area contributed by atoms with Crippen LogP contribution in [0, 0.1) is 12.3 Å². The van der Waals surface area contributed by atoms with Gasteiger partial charge in [-0.1, -0.05) is 53.5 Å². The van der Waals surface area contributed by atoms with Crippen molar-refractivity contribution in [1.82, 2.24) is 0 Å². The highest BCUT2D eigenvalue weighted by Crippen LogP contribution is 2.49. The highest BCUT2D eigenvalue weighted by Gasteiger charge is 2.48. The minimum absolute atomic E-state index is 0.0332. The summed E-state index contributed by atoms with van der Waals surface area (Å²) in [6.45, 7) is -0.552. The van der Waals surface area contributed by atoms with Crippen molar-refractivity contribution < 1.29 is 19.4 Å². The maximum atomic E-state index is 13.4. The van der Waals surface area contributed by atoms with Gasteiger partial charge in [-0.15, -0.1) is 12.3 Å². The Morgan fingerprint density at radius 2 is 1.96 bits per heavy atom. The zero-order chi connectivity index (χ0) is 19.6. The zero-order valence-corrected chi connectivity index (χ0v) is 15.8. The van der Waals surface area contributed by atoms with Gasteiger partial charge in [-0.05, 0) is 30.0 Å². The van der Waals surface area contributed by atoms with Gasteiger partial charge in [0.1, 0.15) is 10.8 Å². The first-order chi connectivity index (χ1) is 12.9. The molecule has 27 heavy (non-hydrogen) atoms. The molecule has 3 rings (SSSR count). The molecule has 0 saturated carbocycles. The number of halogens is 2. The molecule has 0 aliphatic heterocycles. The molecule has 1 unspecified atom stereocenters. The Morgan fingerprint density at radius 3 is 2.59 bits per heavy atom. The number of carboxylic acids is 1. The summed E-state index contributed by atoms with van der Waals surface area (Å²) >= 11 is 12.6. The molecule has 1 aliphatic carbocycles. The Morgan fingerprint density at radius 1 is 1.26 bits per heavy atom. The van der Waals surface area contributed by atoms with E-state index in [9.17, 15) is 9.59 Å². The van der Waals surface area contributed by atoms with E-state index < -0.39 is 18.0 Å². The fourth-order valence-corrected chi connectivity index (χ4v) is 4.05. The summed E-state index contributed by atoms with van der Waals surface area (Å²) in [7, 11) is 0. The van der Waals surface area contributed by atoms with Crippen LogP contribution in [0.5, 0.6) is 5.75 Å². The maximum Gasteiger partial charge on any atom is 0.341 e. The van der Waals surface area contributed by atoms with Gasteiger partial charge in [0, 0.05) is 12.0 Å². The van der Waals surface area contributed by atoms with Crippen molar-refractivity contribution in [1.29, 1.82) is 0 Å². The Bertz CT molecular complexity index is 947. The van der Waals surface area contributed by atoms with Gasteiger partial charge in [0.2, 0.25) is 0 Å². The number of aliphatic carboxylic acids is 1. The lowest BCUT2D eigenvalue weighted by atomic mass is 9.73. The molecule has 0 aromatic heterocycles. The van der Waals surface area contributed by atoms with Gasteiger partial charge in [0.05, 0.1) is 10.4 Å². The lowest BCUT2D eigenvalue weighted by Crippen LogP contribution is -2.33. The predicted octanol–water partition coefficient (Wildman–Crippen LogP) is 4.55. The molecule has 6 heteroatoms. The van der Waals surface area contributed by atoms with E-state index >= 15 is 0 Å². The molecule has 2 aromatic carbocycles. The topological polar surface area (TPSA) is 63.6 Å². The third kappa shape index (κ3) is 3.41. The molecule has 0 saturated heterocycles. The number of rotatable bonds is 6. The summed E-state index contributed by atoms with van der Waals surface area (Å²) in [6, 6.07) is 11.0. The molecule has 0 radical (unpaired) electrons. The van der Waals surface area contributed by atoms with E-state index in [4.69, 9.17) is 39.5 Å². The summed E-state index contributed by atoms with van der Waals surface area (Å²) in [4.78, 5) is 24.2. The lowest BCUT2D eigenvalue weighted by molar-refractivity contribution is -0.139. The van der Waals surface area contributed by atoms with Crippen LogP contribution in [0.1, 0.15) is 34.3 Å². The van der Waals surface area contributed by atoms with E-state index in [1.165, 1.54) is 0 Å². The second-order valence-corrected chi connectivity index (χ2v) is 7.13. The summed E-state index contributed by atoms with van der Waals surface area (Å²) in [6.07, 6.45) is 6.76. The van der Waals surface area contributed by atoms with Crippen molar-refractivity contribution in [2.45, 2.75) is 24.7 Å². The summed E-state index contributed by atoms with van der Waals surface area (Å²) < 4.78 is 5.24. The average Bonchev–Trinajstić information content (AvgIpc) is 2.95. The fraction of sp³-hybridized carbons (Fsp3) is 0.238. The van der Waals surface area contributed by atoms with E-state index in [0.717, 1.165) is 5.56 Å². The molecular formula is C21H16Cl2O4. The number of carbonyl (C=O) groups is 2. The van der Waals surface area contributed by atoms with E-state index in [2.05, 4.69) is 5.92 Å². The van der Waals surface area contributed by atoms with Crippen molar-refractivity contribution in [3.8, 4) is 18.1 Å². The largest absolute Gasteiger partial charge is 0.480 e. The van der Waals surface area contributed by atoms with E-state index in [1.54, 1.807) is 6.07 Å². The first kappa shape index (κ1) is 19.3. The van der Waals surface area contributed by atoms with Crippen molar-refractivity contribution in [3.63, 3.8) is 0 Å². The minimum Gasteiger partial charge on any atom is -0.480 e. The zero-order valence-electron chi connectivity index (χ0n) is 14.3. The Labute approximate surface area is 167 Å². The van der Waals surface area contributed by atoms with Crippen molar-refractivity contribution in [3.05, 3.63) is 63.1 Å². The molecule has 1 atom stereocenters. The molecular weight excluding hydrogens is 387 g/mol. The smallest absolute Gasteiger partial charge is 0.341 e. The van der Waals surface area contributed by atoms with Crippen LogP contribution in [0.25, 0.3) is 0 Å². The second-order valence-electron chi connectivity index (χ2n) is 6.38. The van der Waals surface area contributed by atoms with E-state index in [-0.39, 0.29) is 21.6 Å². The number of fused-ring (bicyclic) bond motifs is 1. The maximum absolute atomic E-state index is 13.4. The van der Waals surface area contributed by atoms with Gasteiger partial charge in [-0.3, -0.25) is 4.79 Å². The Balaban J connectivity index is 2.10. The fourth-order valence-electron chi connectivity index (χ4n) is 3.55. The third-order valence-corrected chi connectivity index (χ3v) is 5.63. The van der Waals surface area contributed by atoms with Crippen LogP contribution >= 0.6 is 23.2 Å². The second kappa shape index (κ2) is 7.64. The van der Waals surface area contributed by atoms with Gasteiger partial charge >= 0.3 is 5.97 Å². The van der Waals surface area contributed by atoms with Crippen LogP contribution in [0.15, 0.2) is 36.4 Å². The summed E-state index contributed by atoms with van der Waals surface area (Å²) in [5.74, 6) is 1.49. The molecule has 2 aromatic rings. The van der Waals surface area contributed by atoms with E-state index in [0.29, 0.717) is 30.4 Å². The number of hydrogen-bond acceptors (Lipinski definition) is 3. The predicted molar refractivity (Wildman–Crippen MR) is 104 cm³/mol. The number of carboxylic acid groups (broad SMARTS) is 1. The van der Waals surface area contributed by atoms with Crippen LogP contribution in [-0.2, 0) is 16.6 Å². The summed E-state index contributed by atoms with van der Waals surface area (Å²) in [5, 5.41) is 8.94. The monoisotopic (exact) mass is 402 g/mol. The first-order valence-electron chi connectivity index (χ1n) is 8.30. The molecule has 0 heterocycles. The number of ketones is 1. The summed E-state index contributed by atoms with van der Waals surface area (Å²) in [5.41, 5.74) is 1.07. The quantitative estimate of drug-likeness (QED) is 0.719. The third-order valence-electron chi connectivity index (χ3n) is 4.78. The molecule has 0 bridgehead atoms. The van der Waals surface area contributed by atoms with Gasteiger partial charge in [-0.2, -0.15) is 0 Å². The number of Topliss-reactive ketones (excluding diaryl/α,β-unsaturated/α-hetero) is 1. The molecule has 138 valence electrons. The minimum atomic E-state index is -1.13. The molecule has 0 spiro atoms. The standard InChI is InChI=1S/C21H16Cl2O4/c1-2-3-9-21(14-7-5-4-6-8-14)11-13-10-15(27-12-16(24)25)18(22)19(23)17(13)20(21)26/h1,4-8,10H,3,9,11-12H2,(H,24,25). The number of terminal acetylenes is 1. The number of hydrogen-bond donors (Lipinski definition) is 1. The number of ether oxygens (including phenoxy) is 1. The van der Waals surface area contributed by atoms with Crippen molar-refractivity contribution in [2.75, 3.05) is 6.61 Å². The molecule has 1 N–H and O–H groups in total. The number of benzene rings is 2. The first-order valence-corrected chi connectivity index (χ1v) is 9.05. The lowest BCUT2D eigenvalue weighted by Gasteiger charge is -2.27. The SMILES string of the molecule is C#CCCC1(c2ccccc2)Cc2cc(OCC(=O)O)c(Cl)c(Cl)c2C1=O. The van der Waals surface area contributed by atoms with Crippen LogP contribution in [0.4, 0.5) is 0 Å². The van der Waals surface area contributed by atoms with E-state index in [1.807, 2.05) is 30.3 Å². The van der Waals surface area contributed by atoms with Crippen molar-refractivity contribution >= 4 is 35.0 Å². The van der Waals surface area contributed by atoms with Gasteiger partial charge in [0.15, 0.2) is 12.4 Å². The van der Waals surface area contributed by atoms with Gasteiger partial charge in [0.25, 0.3) is 0 Å². The molecule has 0 fully saturated rings. The number of carbonyl (C=O) groups excluding carboxylic acids is 1. The van der Waals surface area contributed by atoms with Gasteiger partial charge in [-0.25, -0.2) is 4.79 Å². The molecule has 0 amide bonds. The highest BCUT2D eigenvalue weighted by molar-refractivity contribution is 6.45. The van der Waals surface area contributed by atoms with Crippen LogP contribution < -0.4 is 4.74 Å². The highest BCUT2D eigenvalue weighted by atomic mass is 35.5.